The van der Waals surface area contributed by atoms with Gasteiger partial charge >= 0.3 is 11.9 Å². The number of carboxylic acids is 1. The molecule has 6 nitrogen and oxygen atoms in total. The lowest BCUT2D eigenvalue weighted by Gasteiger charge is -2.05. The van der Waals surface area contributed by atoms with Gasteiger partial charge < -0.3 is 14.7 Å². The van der Waals surface area contributed by atoms with Crippen molar-refractivity contribution in [3.63, 3.8) is 0 Å². The molecule has 0 aromatic heterocycles. The van der Waals surface area contributed by atoms with Gasteiger partial charge in [0, 0.05) is 6.08 Å². The van der Waals surface area contributed by atoms with E-state index in [1.54, 1.807) is 0 Å². The summed E-state index contributed by atoms with van der Waals surface area (Å²) >= 11 is 0. The third kappa shape index (κ3) is 8.51. The number of carboxylic acid groups (broad SMARTS) is 1. The highest BCUT2D eigenvalue weighted by molar-refractivity contribution is 5.81. The van der Waals surface area contributed by atoms with E-state index in [0.29, 0.717) is 0 Å². The van der Waals surface area contributed by atoms with Gasteiger partial charge in [-0.2, -0.15) is 4.89 Å². The summed E-state index contributed by atoms with van der Waals surface area (Å²) in [4.78, 5) is 29.7. The molecule has 0 amide bonds. The largest absolute Gasteiger partial charge is 0.481 e. The smallest absolute Gasteiger partial charge is 0.330 e. The maximum Gasteiger partial charge on any atom is 0.330 e. The van der Waals surface area contributed by atoms with Gasteiger partial charge in [-0.15, -0.1) is 0 Å². The quantitative estimate of drug-likeness (QED) is 0.160. The van der Waals surface area contributed by atoms with Gasteiger partial charge in [0.25, 0.3) is 0 Å². The Morgan fingerprint density at radius 2 is 2.00 bits per heavy atom. The van der Waals surface area contributed by atoms with Crippen LogP contribution in [0.25, 0.3) is 0 Å². The Hall–Kier alpha value is -1.82. The zero-order valence-electron chi connectivity index (χ0n) is 8.10. The molecule has 0 saturated carbocycles. The van der Waals surface area contributed by atoms with Crippen molar-refractivity contribution in [1.29, 1.82) is 0 Å². The molecule has 0 radical (unpaired) electrons. The van der Waals surface area contributed by atoms with Crippen molar-refractivity contribution < 1.29 is 29.2 Å². The molecule has 0 aliphatic carbocycles. The maximum atomic E-state index is 10.5. The fourth-order valence-electron chi connectivity index (χ4n) is 0.558. The molecule has 1 N–H and O–H groups in total. The topological polar surface area (TPSA) is 82.1 Å². The third-order valence-corrected chi connectivity index (χ3v) is 1.10. The molecule has 0 rings (SSSR count). The Labute approximate surface area is 86.7 Å². The number of hydrogen-bond acceptors (Lipinski definition) is 5. The summed E-state index contributed by atoms with van der Waals surface area (Å²) < 4.78 is 4.55. The van der Waals surface area contributed by atoms with Crippen LogP contribution in [0, 0.1) is 0 Å². The van der Waals surface area contributed by atoms with Crippen molar-refractivity contribution in [1.82, 2.24) is 0 Å². The average molecular weight is 216 g/mol. The van der Waals surface area contributed by atoms with E-state index in [2.05, 4.69) is 27.7 Å². The molecule has 0 fully saturated rings. The van der Waals surface area contributed by atoms with E-state index in [1.165, 1.54) is 0 Å². The van der Waals surface area contributed by atoms with Crippen molar-refractivity contribution in [2.45, 2.75) is 6.42 Å². The Kier molecular flexibility index (Phi) is 6.65. The van der Waals surface area contributed by atoms with E-state index in [0.717, 1.165) is 6.08 Å². The van der Waals surface area contributed by atoms with Gasteiger partial charge in [-0.25, -0.2) is 4.79 Å². The lowest BCUT2D eigenvalue weighted by atomic mass is 10.4. The lowest BCUT2D eigenvalue weighted by molar-refractivity contribution is -0.267. The van der Waals surface area contributed by atoms with Gasteiger partial charge in [0.2, 0.25) is 0 Å². The van der Waals surface area contributed by atoms with E-state index < -0.39 is 11.9 Å². The number of carbonyl (C=O) groups excluding carboxylic acids is 1. The molecule has 0 bridgehead atoms. The number of ether oxygens (including phenoxy) is 1. The number of esters is 1. The van der Waals surface area contributed by atoms with E-state index in [1.807, 2.05) is 0 Å². The molecule has 0 saturated heterocycles. The number of hydrogen-bond donors (Lipinski definition) is 1. The summed E-state index contributed by atoms with van der Waals surface area (Å²) in [5.41, 5.74) is 0. The molecular weight excluding hydrogens is 204 g/mol. The fourth-order valence-corrected chi connectivity index (χ4v) is 0.558. The number of carbonyl (C=O) groups is 2. The minimum Gasteiger partial charge on any atom is -0.481 e. The van der Waals surface area contributed by atoms with Gasteiger partial charge in [0.05, 0.1) is 0 Å². The van der Waals surface area contributed by atoms with Crippen molar-refractivity contribution in [2.75, 3.05) is 13.2 Å². The highest BCUT2D eigenvalue weighted by Crippen LogP contribution is 2.00. The molecule has 0 heterocycles. The standard InChI is InChI=1S/C9H12O6/c1-3-9(12)13-4-5-14-15-7(2)6-8(10)11/h3H,1-2,4-6H2,(H,10,11). The highest BCUT2D eigenvalue weighted by atomic mass is 17.2. The van der Waals surface area contributed by atoms with Crippen LogP contribution in [0.1, 0.15) is 6.42 Å². The van der Waals surface area contributed by atoms with Crippen molar-refractivity contribution in [3.05, 3.63) is 25.0 Å². The predicted octanol–water partition coefficient (Wildman–Crippen LogP) is 0.652. The second kappa shape index (κ2) is 7.57. The third-order valence-electron chi connectivity index (χ3n) is 1.10. The highest BCUT2D eigenvalue weighted by Gasteiger charge is 2.03. The number of aliphatic carboxylic acids is 1. The van der Waals surface area contributed by atoms with Crippen LogP contribution in [-0.4, -0.2) is 30.3 Å². The Balaban J connectivity index is 3.38. The average Bonchev–Trinajstić information content (AvgIpc) is 2.15. The molecule has 0 aromatic carbocycles. The van der Waals surface area contributed by atoms with Gasteiger partial charge in [0.15, 0.2) is 0 Å². The molecule has 0 aromatic rings. The normalized spacial score (nSPS) is 9.07. The van der Waals surface area contributed by atoms with Gasteiger partial charge in [-0.3, -0.25) is 4.79 Å². The van der Waals surface area contributed by atoms with E-state index in [9.17, 15) is 9.59 Å². The summed E-state index contributed by atoms with van der Waals surface area (Å²) in [5.74, 6) is -1.66. The molecule has 0 atom stereocenters. The summed E-state index contributed by atoms with van der Waals surface area (Å²) in [6, 6.07) is 0. The predicted molar refractivity (Wildman–Crippen MR) is 49.6 cm³/mol. The monoisotopic (exact) mass is 216 g/mol. The van der Waals surface area contributed by atoms with E-state index >= 15 is 0 Å². The van der Waals surface area contributed by atoms with Crippen molar-refractivity contribution in [3.8, 4) is 0 Å². The molecule has 0 aliphatic heterocycles. The second-order valence-electron chi connectivity index (χ2n) is 2.39. The SMILES string of the molecule is C=CC(=O)OCCOOC(=C)CC(=O)O. The Morgan fingerprint density at radius 3 is 2.53 bits per heavy atom. The van der Waals surface area contributed by atoms with Crippen molar-refractivity contribution in [2.24, 2.45) is 0 Å². The first kappa shape index (κ1) is 13.2. The Morgan fingerprint density at radius 1 is 1.33 bits per heavy atom. The van der Waals surface area contributed by atoms with Crippen LogP contribution in [0.15, 0.2) is 25.0 Å². The second-order valence-corrected chi connectivity index (χ2v) is 2.39. The van der Waals surface area contributed by atoms with Gasteiger partial charge in [0.1, 0.15) is 25.4 Å². The van der Waals surface area contributed by atoms with Crippen LogP contribution in [0.4, 0.5) is 0 Å². The van der Waals surface area contributed by atoms with Crippen LogP contribution in [-0.2, 0) is 24.1 Å². The Bertz CT molecular complexity index is 257. The summed E-state index contributed by atoms with van der Waals surface area (Å²) in [6.45, 7) is 6.46. The van der Waals surface area contributed by atoms with Crippen LogP contribution in [0.3, 0.4) is 0 Å². The first-order valence-corrected chi connectivity index (χ1v) is 4.04. The minimum atomic E-state index is -1.07. The molecule has 0 unspecified atom stereocenters. The summed E-state index contributed by atoms with van der Waals surface area (Å²) in [5, 5.41) is 8.31. The summed E-state index contributed by atoms with van der Waals surface area (Å²) in [7, 11) is 0. The van der Waals surface area contributed by atoms with Crippen molar-refractivity contribution >= 4 is 11.9 Å². The molecule has 0 spiro atoms. The van der Waals surface area contributed by atoms with Gasteiger partial charge in [-0.1, -0.05) is 13.2 Å². The van der Waals surface area contributed by atoms with Gasteiger partial charge in [-0.05, 0) is 0 Å². The molecule has 6 heteroatoms. The molecule has 15 heavy (non-hydrogen) atoms. The lowest BCUT2D eigenvalue weighted by Crippen LogP contribution is -2.09. The van der Waals surface area contributed by atoms with Crippen LogP contribution in [0.5, 0.6) is 0 Å². The first-order valence-electron chi connectivity index (χ1n) is 4.04. The van der Waals surface area contributed by atoms with Crippen LogP contribution < -0.4 is 0 Å². The molecule has 84 valence electrons. The zero-order valence-corrected chi connectivity index (χ0v) is 8.10. The zero-order chi connectivity index (χ0) is 11.7. The van der Waals surface area contributed by atoms with E-state index in [4.69, 9.17) is 5.11 Å². The minimum absolute atomic E-state index is 0.00873. The fraction of sp³-hybridized carbons (Fsp3) is 0.333. The number of rotatable bonds is 8. The van der Waals surface area contributed by atoms with Crippen LogP contribution >= 0.6 is 0 Å². The van der Waals surface area contributed by atoms with Crippen LogP contribution in [0.2, 0.25) is 0 Å². The first-order chi connectivity index (χ1) is 7.06. The van der Waals surface area contributed by atoms with E-state index in [-0.39, 0.29) is 25.4 Å². The molecule has 0 aliphatic rings. The summed E-state index contributed by atoms with van der Waals surface area (Å²) in [6.07, 6.45) is 0.677. The maximum absolute atomic E-state index is 10.5. The molecular formula is C9H12O6.